The standard InChI is InChI=1S/C23H30S.C9H14.C2H6/c1-7-22(14-11-19(4)17-24-6)23(8-2)16-20(5)15-21-12-9-18(3)10-13-21;1-4-6-7-8-9(3)5-2;1-2/h7,9-14,16H,4-5,8,15,17H2,1-3,6H3;4,6-8H,1,5H2,2-3H3;1-2H3/b14-11-,22-7+,23-16+;7-6-,9-8+;. The Morgan fingerprint density at radius 2 is 1.57 bits per heavy atom. The van der Waals surface area contributed by atoms with Gasteiger partial charge in [-0.2, -0.15) is 11.8 Å². The van der Waals surface area contributed by atoms with Crippen molar-refractivity contribution in [3.63, 3.8) is 0 Å². The van der Waals surface area contributed by atoms with Crippen LogP contribution in [0.15, 0.2) is 120 Å². The highest BCUT2D eigenvalue weighted by Crippen LogP contribution is 2.20. The first-order valence-electron chi connectivity index (χ1n) is 12.7. The fraction of sp³-hybridized carbons (Fsp3) is 0.353. The molecule has 0 nitrogen and oxygen atoms in total. The van der Waals surface area contributed by atoms with Gasteiger partial charge in [-0.1, -0.05) is 137 Å². The van der Waals surface area contributed by atoms with Crippen LogP contribution in [-0.2, 0) is 6.42 Å². The maximum absolute atomic E-state index is 4.25. The zero-order valence-corrected chi connectivity index (χ0v) is 24.6. The summed E-state index contributed by atoms with van der Waals surface area (Å²) in [6.07, 6.45) is 21.6. The third kappa shape index (κ3) is 18.5. The van der Waals surface area contributed by atoms with Crippen molar-refractivity contribution in [1.29, 1.82) is 0 Å². The van der Waals surface area contributed by atoms with E-state index in [1.54, 1.807) is 17.8 Å². The first kappa shape index (κ1) is 34.7. The molecule has 0 aliphatic heterocycles. The predicted molar refractivity (Wildman–Crippen MR) is 168 cm³/mol. The van der Waals surface area contributed by atoms with Crippen molar-refractivity contribution >= 4 is 11.8 Å². The number of aryl methyl sites for hydroxylation is 1. The highest BCUT2D eigenvalue weighted by Gasteiger charge is 2.02. The molecule has 0 spiro atoms. The Bertz CT molecular complexity index is 883. The van der Waals surface area contributed by atoms with Gasteiger partial charge in [-0.3, -0.25) is 0 Å². The lowest BCUT2D eigenvalue weighted by Gasteiger charge is -2.09. The van der Waals surface area contributed by atoms with Crippen molar-refractivity contribution in [1.82, 2.24) is 0 Å². The number of benzene rings is 1. The number of allylic oxidation sites excluding steroid dienone is 12. The monoisotopic (exact) mass is 490 g/mol. The molecule has 0 bridgehead atoms. The van der Waals surface area contributed by atoms with Gasteiger partial charge in [0.15, 0.2) is 0 Å². The molecule has 0 radical (unpaired) electrons. The van der Waals surface area contributed by atoms with E-state index in [1.165, 1.54) is 27.8 Å². The summed E-state index contributed by atoms with van der Waals surface area (Å²) in [6, 6.07) is 8.68. The molecule has 0 aromatic heterocycles. The lowest BCUT2D eigenvalue weighted by Crippen LogP contribution is -1.92. The van der Waals surface area contributed by atoms with Crippen molar-refractivity contribution in [3.05, 3.63) is 132 Å². The molecular formula is C34H50S. The highest BCUT2D eigenvalue weighted by molar-refractivity contribution is 7.98. The summed E-state index contributed by atoms with van der Waals surface area (Å²) in [4.78, 5) is 0. The third-order valence-corrected chi connectivity index (χ3v) is 5.67. The van der Waals surface area contributed by atoms with E-state index in [0.717, 1.165) is 36.2 Å². The number of hydrogen-bond donors (Lipinski definition) is 0. The van der Waals surface area contributed by atoms with E-state index in [4.69, 9.17) is 0 Å². The van der Waals surface area contributed by atoms with Crippen LogP contribution in [0.3, 0.4) is 0 Å². The van der Waals surface area contributed by atoms with Crippen molar-refractivity contribution in [3.8, 4) is 0 Å². The van der Waals surface area contributed by atoms with Gasteiger partial charge in [0.2, 0.25) is 0 Å². The van der Waals surface area contributed by atoms with E-state index in [9.17, 15) is 0 Å². The SMILES string of the molecule is C=C(\C=C/C(=C\C)C(=C/C(=C)Cc1ccc(C)cc1)/CC)CSC.C=C/C=C\C=C(/C)CC.CC. The average molecular weight is 491 g/mol. The quantitative estimate of drug-likeness (QED) is 0.262. The highest BCUT2D eigenvalue weighted by atomic mass is 32.2. The van der Waals surface area contributed by atoms with Crippen molar-refractivity contribution in [2.24, 2.45) is 0 Å². The molecule has 0 unspecified atom stereocenters. The maximum Gasteiger partial charge on any atom is 0.0175 e. The molecule has 1 aromatic carbocycles. The second-order valence-electron chi connectivity index (χ2n) is 8.00. The van der Waals surface area contributed by atoms with Gasteiger partial charge in [-0.05, 0) is 68.6 Å². The van der Waals surface area contributed by atoms with Gasteiger partial charge in [0.1, 0.15) is 0 Å². The minimum Gasteiger partial charge on any atom is -0.161 e. The van der Waals surface area contributed by atoms with E-state index < -0.39 is 0 Å². The summed E-state index contributed by atoms with van der Waals surface area (Å²) in [7, 11) is 0. The second kappa shape index (κ2) is 23.2. The molecule has 0 atom stereocenters. The Morgan fingerprint density at radius 1 is 0.943 bits per heavy atom. The van der Waals surface area contributed by atoms with E-state index in [2.05, 4.69) is 115 Å². The van der Waals surface area contributed by atoms with E-state index in [1.807, 2.05) is 26.0 Å². The molecule has 0 saturated carbocycles. The minimum atomic E-state index is 0.893. The van der Waals surface area contributed by atoms with Gasteiger partial charge in [-0.25, -0.2) is 0 Å². The molecule has 1 aromatic rings. The summed E-state index contributed by atoms with van der Waals surface area (Å²) in [5.74, 6) is 0.971. The van der Waals surface area contributed by atoms with E-state index >= 15 is 0 Å². The van der Waals surface area contributed by atoms with Crippen LogP contribution in [0, 0.1) is 6.92 Å². The summed E-state index contributed by atoms with van der Waals surface area (Å²) in [6.45, 7) is 26.6. The zero-order valence-electron chi connectivity index (χ0n) is 23.8. The molecule has 192 valence electrons. The molecule has 0 aliphatic carbocycles. The molecule has 0 amide bonds. The smallest absolute Gasteiger partial charge is 0.0175 e. The molecule has 0 N–H and O–H groups in total. The van der Waals surface area contributed by atoms with Crippen molar-refractivity contribution < 1.29 is 0 Å². The Morgan fingerprint density at radius 3 is 2.06 bits per heavy atom. The first-order valence-corrected chi connectivity index (χ1v) is 14.1. The molecule has 1 rings (SSSR count). The predicted octanol–water partition coefficient (Wildman–Crippen LogP) is 11.0. The van der Waals surface area contributed by atoms with Crippen LogP contribution < -0.4 is 0 Å². The molecule has 0 saturated heterocycles. The molecule has 0 fully saturated rings. The lowest BCUT2D eigenvalue weighted by molar-refractivity contribution is 1.10. The first-order chi connectivity index (χ1) is 16.8. The van der Waals surface area contributed by atoms with Crippen LogP contribution in [-0.4, -0.2) is 12.0 Å². The number of hydrogen-bond acceptors (Lipinski definition) is 1. The maximum atomic E-state index is 4.25. The molecule has 0 heterocycles. The normalized spacial score (nSPS) is 12.1. The van der Waals surface area contributed by atoms with Gasteiger partial charge in [0, 0.05) is 5.75 Å². The van der Waals surface area contributed by atoms with Gasteiger partial charge in [0.05, 0.1) is 0 Å². The Labute approximate surface area is 222 Å². The van der Waals surface area contributed by atoms with Gasteiger partial charge in [0.25, 0.3) is 0 Å². The lowest BCUT2D eigenvalue weighted by atomic mass is 9.97. The fourth-order valence-corrected chi connectivity index (χ4v) is 3.37. The van der Waals surface area contributed by atoms with Gasteiger partial charge >= 0.3 is 0 Å². The van der Waals surface area contributed by atoms with Crippen LogP contribution in [0.5, 0.6) is 0 Å². The molecular weight excluding hydrogens is 440 g/mol. The zero-order chi connectivity index (χ0) is 27.1. The van der Waals surface area contributed by atoms with Crippen molar-refractivity contribution in [2.75, 3.05) is 12.0 Å². The van der Waals surface area contributed by atoms with Crippen LogP contribution in [0.25, 0.3) is 0 Å². The third-order valence-electron chi connectivity index (χ3n) is 5.01. The minimum absolute atomic E-state index is 0.893. The summed E-state index contributed by atoms with van der Waals surface area (Å²) < 4.78 is 0. The van der Waals surface area contributed by atoms with E-state index in [-0.39, 0.29) is 0 Å². The Hall–Kier alpha value is -2.51. The molecule has 1 heteroatoms. The average Bonchev–Trinajstić information content (AvgIpc) is 2.86. The van der Waals surface area contributed by atoms with Crippen LogP contribution >= 0.6 is 11.8 Å². The van der Waals surface area contributed by atoms with Gasteiger partial charge < -0.3 is 0 Å². The van der Waals surface area contributed by atoms with E-state index in [0.29, 0.717) is 0 Å². The Balaban J connectivity index is 0. The largest absolute Gasteiger partial charge is 0.161 e. The molecule has 35 heavy (non-hydrogen) atoms. The van der Waals surface area contributed by atoms with Crippen molar-refractivity contribution in [2.45, 2.75) is 67.7 Å². The summed E-state index contributed by atoms with van der Waals surface area (Å²) in [5.41, 5.74) is 8.87. The topological polar surface area (TPSA) is 0 Å². The number of rotatable bonds is 12. The Kier molecular flexibility index (Phi) is 23.0. The fourth-order valence-electron chi connectivity index (χ4n) is 2.90. The number of thioether (sulfide) groups is 1. The summed E-state index contributed by atoms with van der Waals surface area (Å²) in [5, 5.41) is 0. The van der Waals surface area contributed by atoms with Gasteiger partial charge in [-0.15, -0.1) is 0 Å². The van der Waals surface area contributed by atoms with Crippen LogP contribution in [0.4, 0.5) is 0 Å². The van der Waals surface area contributed by atoms with Crippen LogP contribution in [0.1, 0.15) is 65.5 Å². The van der Waals surface area contributed by atoms with Crippen LogP contribution in [0.2, 0.25) is 0 Å². The summed E-state index contributed by atoms with van der Waals surface area (Å²) >= 11 is 1.80. The second-order valence-corrected chi connectivity index (χ2v) is 8.87. The molecule has 0 aliphatic rings.